The number of nitrogens with zero attached hydrogens (tertiary/aromatic N) is 1. The maximum absolute atomic E-state index is 11.2. The number of para-hydroxylation sites is 1. The van der Waals surface area contributed by atoms with Gasteiger partial charge in [0.2, 0.25) is 0 Å². The second-order valence-electron chi connectivity index (χ2n) is 6.46. The van der Waals surface area contributed by atoms with E-state index in [1.165, 1.54) is 5.56 Å². The predicted molar refractivity (Wildman–Crippen MR) is 93.3 cm³/mol. The van der Waals surface area contributed by atoms with E-state index in [2.05, 4.69) is 17.0 Å². The van der Waals surface area contributed by atoms with Crippen molar-refractivity contribution in [2.75, 3.05) is 13.2 Å². The van der Waals surface area contributed by atoms with Gasteiger partial charge in [-0.2, -0.15) is 0 Å². The summed E-state index contributed by atoms with van der Waals surface area (Å²) < 4.78 is 11.5. The van der Waals surface area contributed by atoms with Gasteiger partial charge in [0.25, 0.3) is 0 Å². The molecule has 1 aliphatic rings. The fraction of sp³-hybridized carbons (Fsp3) is 0.350. The van der Waals surface area contributed by atoms with Gasteiger partial charge >= 0.3 is 0 Å². The zero-order valence-corrected chi connectivity index (χ0v) is 14.1. The summed E-state index contributed by atoms with van der Waals surface area (Å²) in [6, 6.07) is 17.7. The van der Waals surface area contributed by atoms with Gasteiger partial charge in [-0.25, -0.2) is 0 Å². The molecule has 2 aromatic rings. The summed E-state index contributed by atoms with van der Waals surface area (Å²) in [7, 11) is 0. The quantitative estimate of drug-likeness (QED) is 0.760. The lowest BCUT2D eigenvalue weighted by molar-refractivity contribution is -0.113. The maximum atomic E-state index is 11.2. The Morgan fingerprint density at radius 3 is 2.46 bits per heavy atom. The number of aldehydes is 1. The summed E-state index contributed by atoms with van der Waals surface area (Å²) in [5.41, 5.74) is 0.824. The van der Waals surface area contributed by atoms with Crippen molar-refractivity contribution in [3.63, 3.8) is 0 Å². The lowest BCUT2D eigenvalue weighted by atomic mass is 10.1. The topological polar surface area (TPSA) is 38.8 Å². The maximum Gasteiger partial charge on any atom is 0.139 e. The molecule has 1 saturated heterocycles. The highest BCUT2D eigenvalue weighted by molar-refractivity contribution is 5.58. The zero-order valence-electron chi connectivity index (χ0n) is 14.1. The van der Waals surface area contributed by atoms with E-state index in [1.807, 2.05) is 56.3 Å². The van der Waals surface area contributed by atoms with Gasteiger partial charge in [-0.05, 0) is 50.1 Å². The third-order valence-electron chi connectivity index (χ3n) is 4.40. The summed E-state index contributed by atoms with van der Waals surface area (Å²) in [4.78, 5) is 13.3. The second kappa shape index (κ2) is 7.16. The molecule has 1 atom stereocenters. The Balaban J connectivity index is 1.59. The summed E-state index contributed by atoms with van der Waals surface area (Å²) in [6.07, 6.45) is 1.84. The number of benzene rings is 2. The van der Waals surface area contributed by atoms with Crippen LogP contribution >= 0.6 is 0 Å². The van der Waals surface area contributed by atoms with Crippen LogP contribution in [0, 0.1) is 0 Å². The van der Waals surface area contributed by atoms with Crippen LogP contribution in [0.4, 0.5) is 0 Å². The Morgan fingerprint density at radius 1 is 1.12 bits per heavy atom. The van der Waals surface area contributed by atoms with Crippen LogP contribution in [0.25, 0.3) is 0 Å². The van der Waals surface area contributed by atoms with Gasteiger partial charge in [-0.1, -0.05) is 30.3 Å². The number of carbonyl (C=O) groups is 1. The Kier molecular flexibility index (Phi) is 4.97. The van der Waals surface area contributed by atoms with E-state index < -0.39 is 0 Å². The van der Waals surface area contributed by atoms with E-state index in [-0.39, 0.29) is 11.8 Å². The third kappa shape index (κ3) is 3.83. The van der Waals surface area contributed by atoms with E-state index in [4.69, 9.17) is 9.47 Å². The van der Waals surface area contributed by atoms with Gasteiger partial charge in [0, 0.05) is 6.54 Å². The lowest BCUT2D eigenvalue weighted by Crippen LogP contribution is -2.45. The molecule has 1 aliphatic heterocycles. The molecule has 1 heterocycles. The van der Waals surface area contributed by atoms with Crippen molar-refractivity contribution >= 4 is 6.29 Å². The summed E-state index contributed by atoms with van der Waals surface area (Å²) in [6.45, 7) is 5.27. The molecule has 0 amide bonds. The number of ether oxygens (including phenoxy) is 2. The minimum absolute atomic E-state index is 0.152. The van der Waals surface area contributed by atoms with Gasteiger partial charge in [0.1, 0.15) is 23.5 Å². The molecule has 0 radical (unpaired) electrons. The second-order valence-corrected chi connectivity index (χ2v) is 6.46. The van der Waals surface area contributed by atoms with Gasteiger partial charge < -0.3 is 14.3 Å². The van der Waals surface area contributed by atoms with E-state index >= 15 is 0 Å². The smallest absolute Gasteiger partial charge is 0.139 e. The largest absolute Gasteiger partial charge is 0.457 e. The average Bonchev–Trinajstić information content (AvgIpc) is 2.89. The first kappa shape index (κ1) is 16.7. The van der Waals surface area contributed by atoms with Crippen molar-refractivity contribution in [1.82, 2.24) is 4.90 Å². The lowest BCUT2D eigenvalue weighted by Gasteiger charge is -2.31. The number of carbonyl (C=O) groups excluding carboxylic acids is 1. The zero-order chi connectivity index (χ0) is 17.0. The van der Waals surface area contributed by atoms with E-state index in [1.54, 1.807) is 0 Å². The molecule has 0 N–H and O–H groups in total. The fourth-order valence-electron chi connectivity index (χ4n) is 3.01. The van der Waals surface area contributed by atoms with Crippen LogP contribution in [-0.4, -0.2) is 36.1 Å². The molecule has 24 heavy (non-hydrogen) atoms. The van der Waals surface area contributed by atoms with Crippen LogP contribution in [0.2, 0.25) is 0 Å². The van der Waals surface area contributed by atoms with E-state index in [0.717, 1.165) is 30.8 Å². The normalized spacial score (nSPS) is 20.0. The molecule has 0 saturated carbocycles. The summed E-state index contributed by atoms with van der Waals surface area (Å²) >= 11 is 0. The molecule has 0 aliphatic carbocycles. The van der Waals surface area contributed by atoms with Gasteiger partial charge in [0.15, 0.2) is 0 Å². The molecule has 2 aromatic carbocycles. The summed E-state index contributed by atoms with van der Waals surface area (Å²) in [5.74, 6) is 1.65. The Hall–Kier alpha value is -2.17. The highest BCUT2D eigenvalue weighted by Crippen LogP contribution is 2.27. The molecule has 0 bridgehead atoms. The minimum Gasteiger partial charge on any atom is -0.457 e. The van der Waals surface area contributed by atoms with Crippen LogP contribution in [0.3, 0.4) is 0 Å². The first-order valence-corrected chi connectivity index (χ1v) is 8.26. The number of hydrogen-bond donors (Lipinski definition) is 0. The van der Waals surface area contributed by atoms with Crippen LogP contribution in [0.5, 0.6) is 11.5 Å². The molecule has 3 rings (SSSR count). The van der Waals surface area contributed by atoms with Gasteiger partial charge in [-0.15, -0.1) is 0 Å². The monoisotopic (exact) mass is 325 g/mol. The van der Waals surface area contributed by atoms with Crippen LogP contribution in [0.15, 0.2) is 54.6 Å². The Bertz CT molecular complexity index is 667. The highest BCUT2D eigenvalue weighted by atomic mass is 16.5. The molecule has 126 valence electrons. The van der Waals surface area contributed by atoms with E-state index in [9.17, 15) is 4.79 Å². The molecule has 0 spiro atoms. The Morgan fingerprint density at radius 2 is 1.79 bits per heavy atom. The van der Waals surface area contributed by atoms with Crippen molar-refractivity contribution in [2.45, 2.75) is 32.0 Å². The first-order chi connectivity index (χ1) is 11.6. The van der Waals surface area contributed by atoms with Crippen molar-refractivity contribution in [3.8, 4) is 11.5 Å². The van der Waals surface area contributed by atoms with Crippen molar-refractivity contribution in [2.24, 2.45) is 0 Å². The van der Waals surface area contributed by atoms with Crippen LogP contribution in [-0.2, 0) is 16.0 Å². The molecule has 1 unspecified atom stereocenters. The molecule has 4 nitrogen and oxygen atoms in total. The molecular weight excluding hydrogens is 302 g/mol. The standard InChI is InChI=1S/C20H23NO3/c1-20(2)21(17(14-22)15-23-20)13-12-16-8-10-19(11-9-16)24-18-6-4-3-5-7-18/h3-11,14,17H,12-13,15H2,1-2H3. The Labute approximate surface area is 143 Å². The van der Waals surface area contributed by atoms with E-state index in [0.29, 0.717) is 6.61 Å². The first-order valence-electron chi connectivity index (χ1n) is 8.26. The van der Waals surface area contributed by atoms with Crippen LogP contribution in [0.1, 0.15) is 19.4 Å². The molecule has 1 fully saturated rings. The van der Waals surface area contributed by atoms with Gasteiger partial charge in [-0.3, -0.25) is 4.90 Å². The van der Waals surface area contributed by atoms with Crippen LogP contribution < -0.4 is 4.74 Å². The third-order valence-corrected chi connectivity index (χ3v) is 4.40. The minimum atomic E-state index is -0.387. The van der Waals surface area contributed by atoms with Gasteiger partial charge in [0.05, 0.1) is 12.6 Å². The highest BCUT2D eigenvalue weighted by Gasteiger charge is 2.39. The van der Waals surface area contributed by atoms with Crippen molar-refractivity contribution < 1.29 is 14.3 Å². The predicted octanol–water partition coefficient (Wildman–Crippen LogP) is 3.66. The molecular formula is C20H23NO3. The fourth-order valence-corrected chi connectivity index (χ4v) is 3.01. The number of hydrogen-bond acceptors (Lipinski definition) is 4. The SMILES string of the molecule is CC1(C)OCC(C=O)N1CCc1ccc(Oc2ccccc2)cc1. The average molecular weight is 325 g/mol. The summed E-state index contributed by atoms with van der Waals surface area (Å²) in [5, 5.41) is 0. The number of rotatable bonds is 6. The van der Waals surface area contributed by atoms with Crippen molar-refractivity contribution in [3.05, 3.63) is 60.2 Å². The van der Waals surface area contributed by atoms with Crippen molar-refractivity contribution in [1.29, 1.82) is 0 Å². The molecule has 0 aromatic heterocycles. The molecule has 4 heteroatoms.